The summed E-state index contributed by atoms with van der Waals surface area (Å²) in [5.41, 5.74) is 0.924. The first kappa shape index (κ1) is 25.1. The second-order valence-corrected chi connectivity index (χ2v) is 7.87. The van der Waals surface area contributed by atoms with Crippen LogP contribution >= 0.6 is 0 Å². The van der Waals surface area contributed by atoms with E-state index in [0.29, 0.717) is 43.1 Å². The van der Waals surface area contributed by atoms with E-state index in [0.717, 1.165) is 6.42 Å². The summed E-state index contributed by atoms with van der Waals surface area (Å²) >= 11 is 0. The lowest BCUT2D eigenvalue weighted by Crippen LogP contribution is -2.31. The molecule has 1 amide bonds. The molecule has 2 aromatic rings. The summed E-state index contributed by atoms with van der Waals surface area (Å²) in [6.45, 7) is 5.37. The van der Waals surface area contributed by atoms with Crippen LogP contribution in [0, 0.1) is 0 Å². The minimum atomic E-state index is -0.840. The van der Waals surface area contributed by atoms with Gasteiger partial charge in [-0.05, 0) is 61.7 Å². The molecule has 1 saturated heterocycles. The third-order valence-electron chi connectivity index (χ3n) is 5.49. The summed E-state index contributed by atoms with van der Waals surface area (Å²) in [5, 5.41) is 21.3. The van der Waals surface area contributed by atoms with E-state index in [1.54, 1.807) is 50.4 Å². The molecule has 2 N–H and O–H groups in total. The van der Waals surface area contributed by atoms with E-state index < -0.39 is 17.7 Å². The summed E-state index contributed by atoms with van der Waals surface area (Å²) in [4.78, 5) is 27.5. The average Bonchev–Trinajstić information content (AvgIpc) is 3.09. The number of benzene rings is 2. The number of Topliss-reactive ketones (excluding diaryl/α,β-unsaturated/α-hetero) is 1. The molecular formula is C26H31NO7. The average molecular weight is 470 g/mol. The smallest absolute Gasteiger partial charge is 0.295 e. The van der Waals surface area contributed by atoms with E-state index in [1.165, 1.54) is 11.0 Å². The highest BCUT2D eigenvalue weighted by atomic mass is 16.5. The number of aliphatic hydroxyl groups is 1. The second-order valence-electron chi connectivity index (χ2n) is 7.87. The fourth-order valence-electron chi connectivity index (χ4n) is 3.89. The number of hydrogen-bond acceptors (Lipinski definition) is 7. The summed E-state index contributed by atoms with van der Waals surface area (Å²) < 4.78 is 16.2. The molecule has 0 bridgehead atoms. The van der Waals surface area contributed by atoms with E-state index in [2.05, 4.69) is 0 Å². The van der Waals surface area contributed by atoms with Crippen molar-refractivity contribution in [3.8, 4) is 17.2 Å². The number of rotatable bonds is 11. The summed E-state index contributed by atoms with van der Waals surface area (Å²) in [6.07, 6.45) is 1.38. The van der Waals surface area contributed by atoms with Crippen LogP contribution in [0.1, 0.15) is 43.9 Å². The van der Waals surface area contributed by atoms with Gasteiger partial charge in [-0.3, -0.25) is 9.59 Å². The van der Waals surface area contributed by atoms with Crippen molar-refractivity contribution in [1.29, 1.82) is 0 Å². The van der Waals surface area contributed by atoms with E-state index >= 15 is 0 Å². The molecule has 0 radical (unpaired) electrons. The lowest BCUT2D eigenvalue weighted by atomic mass is 9.95. The topological polar surface area (TPSA) is 106 Å². The number of nitrogens with zero attached hydrogens (tertiary/aromatic N) is 1. The molecule has 3 rings (SSSR count). The Labute approximate surface area is 199 Å². The first-order valence-electron chi connectivity index (χ1n) is 11.4. The maximum atomic E-state index is 13.1. The maximum Gasteiger partial charge on any atom is 0.295 e. The minimum Gasteiger partial charge on any atom is -0.507 e. The lowest BCUT2D eigenvalue weighted by molar-refractivity contribution is -0.140. The second kappa shape index (κ2) is 11.6. The SMILES string of the molecule is CCCOc1ccc(/C(O)=C2/C(=O)C(=O)N(CCCOC)C2c2ccc(O)c(OCC)c2)cc1. The Bertz CT molecular complexity index is 1050. The van der Waals surface area contributed by atoms with Crippen LogP contribution in [0.4, 0.5) is 0 Å². The Morgan fingerprint density at radius 2 is 1.76 bits per heavy atom. The van der Waals surface area contributed by atoms with Crippen LogP contribution in [0.5, 0.6) is 17.2 Å². The van der Waals surface area contributed by atoms with Crippen LogP contribution < -0.4 is 9.47 Å². The number of carbonyl (C=O) groups is 2. The van der Waals surface area contributed by atoms with Crippen molar-refractivity contribution in [3.05, 3.63) is 59.2 Å². The van der Waals surface area contributed by atoms with Crippen molar-refractivity contribution >= 4 is 17.4 Å². The van der Waals surface area contributed by atoms with Gasteiger partial charge in [-0.1, -0.05) is 13.0 Å². The number of ketones is 1. The van der Waals surface area contributed by atoms with Gasteiger partial charge < -0.3 is 29.3 Å². The predicted octanol–water partition coefficient (Wildman–Crippen LogP) is 4.04. The highest BCUT2D eigenvalue weighted by Crippen LogP contribution is 2.42. The van der Waals surface area contributed by atoms with E-state index in [1.807, 2.05) is 6.92 Å². The number of hydrogen-bond donors (Lipinski definition) is 2. The van der Waals surface area contributed by atoms with Crippen LogP contribution in [0.3, 0.4) is 0 Å². The molecule has 1 aliphatic heterocycles. The van der Waals surface area contributed by atoms with Crippen LogP contribution in [-0.4, -0.2) is 60.3 Å². The van der Waals surface area contributed by atoms with Crippen LogP contribution in [0.2, 0.25) is 0 Å². The van der Waals surface area contributed by atoms with Crippen molar-refractivity contribution in [2.45, 2.75) is 32.7 Å². The van der Waals surface area contributed by atoms with Crippen LogP contribution in [-0.2, 0) is 14.3 Å². The molecule has 8 heteroatoms. The molecule has 1 unspecified atom stereocenters. The largest absolute Gasteiger partial charge is 0.507 e. The van der Waals surface area contributed by atoms with Crippen molar-refractivity contribution in [2.75, 3.05) is 33.5 Å². The standard InChI is InChI=1S/C26H31NO7/c1-4-14-34-19-10-7-17(8-11-19)24(29)22-23(18-9-12-20(28)21(16-18)33-5-2)27(13-6-15-32-3)26(31)25(22)30/h7-12,16,23,28-29H,4-6,13-15H2,1-3H3/b24-22-. The molecular weight excluding hydrogens is 438 g/mol. The number of aliphatic hydroxyl groups excluding tert-OH is 1. The van der Waals surface area contributed by atoms with E-state index in [-0.39, 0.29) is 29.4 Å². The van der Waals surface area contributed by atoms with Gasteiger partial charge in [-0.25, -0.2) is 0 Å². The molecule has 0 aromatic heterocycles. The molecule has 182 valence electrons. The predicted molar refractivity (Wildman–Crippen MR) is 127 cm³/mol. The highest BCUT2D eigenvalue weighted by Gasteiger charge is 2.46. The minimum absolute atomic E-state index is 0.0159. The first-order valence-corrected chi connectivity index (χ1v) is 11.4. The number of ether oxygens (including phenoxy) is 3. The van der Waals surface area contributed by atoms with Gasteiger partial charge in [0.05, 0.1) is 24.8 Å². The zero-order valence-corrected chi connectivity index (χ0v) is 19.7. The van der Waals surface area contributed by atoms with Gasteiger partial charge >= 0.3 is 0 Å². The molecule has 34 heavy (non-hydrogen) atoms. The Morgan fingerprint density at radius 1 is 1.03 bits per heavy atom. The lowest BCUT2D eigenvalue weighted by Gasteiger charge is -2.25. The molecule has 0 aliphatic carbocycles. The number of carbonyl (C=O) groups excluding carboxylic acids is 2. The molecule has 1 aliphatic rings. The van der Waals surface area contributed by atoms with Gasteiger partial charge in [0.2, 0.25) is 0 Å². The van der Waals surface area contributed by atoms with E-state index in [9.17, 15) is 19.8 Å². The first-order chi connectivity index (χ1) is 16.4. The maximum absolute atomic E-state index is 13.1. The Hall–Kier alpha value is -3.52. The summed E-state index contributed by atoms with van der Waals surface area (Å²) in [5.74, 6) is -0.904. The number of aromatic hydroxyl groups is 1. The van der Waals surface area contributed by atoms with Crippen LogP contribution in [0.25, 0.3) is 5.76 Å². The number of phenols is 1. The Balaban J connectivity index is 2.08. The molecule has 0 spiro atoms. The number of amides is 1. The monoisotopic (exact) mass is 469 g/mol. The van der Waals surface area contributed by atoms with Gasteiger partial charge in [0.15, 0.2) is 11.5 Å². The molecule has 1 heterocycles. The Kier molecular flexibility index (Phi) is 8.54. The fourth-order valence-corrected chi connectivity index (χ4v) is 3.89. The number of methoxy groups -OCH3 is 1. The van der Waals surface area contributed by atoms with Crippen molar-refractivity contribution in [2.24, 2.45) is 0 Å². The van der Waals surface area contributed by atoms with Crippen molar-refractivity contribution < 1.29 is 34.0 Å². The third-order valence-corrected chi connectivity index (χ3v) is 5.49. The molecule has 1 atom stereocenters. The number of likely N-dealkylation sites (tertiary alicyclic amines) is 1. The van der Waals surface area contributed by atoms with Gasteiger partial charge in [-0.2, -0.15) is 0 Å². The summed E-state index contributed by atoms with van der Waals surface area (Å²) in [7, 11) is 1.56. The molecule has 2 aromatic carbocycles. The van der Waals surface area contributed by atoms with Crippen molar-refractivity contribution in [3.63, 3.8) is 0 Å². The molecule has 0 saturated carbocycles. The van der Waals surface area contributed by atoms with Gasteiger partial charge in [-0.15, -0.1) is 0 Å². The molecule has 1 fully saturated rings. The van der Waals surface area contributed by atoms with Gasteiger partial charge in [0.1, 0.15) is 11.5 Å². The zero-order valence-electron chi connectivity index (χ0n) is 19.7. The fraction of sp³-hybridized carbons (Fsp3) is 0.385. The van der Waals surface area contributed by atoms with Gasteiger partial charge in [0.25, 0.3) is 11.7 Å². The summed E-state index contributed by atoms with van der Waals surface area (Å²) in [6, 6.07) is 10.5. The van der Waals surface area contributed by atoms with Gasteiger partial charge in [0, 0.05) is 25.8 Å². The Morgan fingerprint density at radius 3 is 2.41 bits per heavy atom. The van der Waals surface area contributed by atoms with Crippen molar-refractivity contribution in [1.82, 2.24) is 4.90 Å². The highest BCUT2D eigenvalue weighted by molar-refractivity contribution is 6.46. The zero-order chi connectivity index (χ0) is 24.7. The quantitative estimate of drug-likeness (QED) is 0.221. The normalized spacial score (nSPS) is 17.3. The van der Waals surface area contributed by atoms with Crippen LogP contribution in [0.15, 0.2) is 48.0 Å². The third kappa shape index (κ3) is 5.34. The van der Waals surface area contributed by atoms with E-state index in [4.69, 9.17) is 14.2 Å². The molecule has 8 nitrogen and oxygen atoms in total. The number of phenolic OH excluding ortho intramolecular Hbond substituents is 1.